The van der Waals surface area contributed by atoms with Gasteiger partial charge in [0.1, 0.15) is 5.82 Å². The van der Waals surface area contributed by atoms with Crippen molar-refractivity contribution in [2.45, 2.75) is 58.7 Å². The average molecular weight is 358 g/mol. The van der Waals surface area contributed by atoms with E-state index in [1.165, 1.54) is 25.7 Å². The van der Waals surface area contributed by atoms with Crippen LogP contribution in [0.25, 0.3) is 0 Å². The topological polar surface area (TPSA) is 73.4 Å². The number of rotatable bonds is 5. The van der Waals surface area contributed by atoms with Gasteiger partial charge in [0.25, 0.3) is 5.91 Å². The van der Waals surface area contributed by atoms with Crippen LogP contribution in [0.1, 0.15) is 66.4 Å². The number of hydrogen-bond acceptors (Lipinski definition) is 5. The molecule has 1 fully saturated rings. The van der Waals surface area contributed by atoms with Gasteiger partial charge in [0.05, 0.1) is 30.2 Å². The molecule has 7 heteroatoms. The number of carbonyl (C=O) groups is 1. The highest BCUT2D eigenvalue weighted by atomic mass is 16.5. The normalized spacial score (nSPS) is 20.5. The number of imidazole rings is 1. The molecular formula is C19H26N4O3. The second kappa shape index (κ2) is 7.23. The van der Waals surface area contributed by atoms with Crippen molar-refractivity contribution in [3.8, 4) is 0 Å². The van der Waals surface area contributed by atoms with Gasteiger partial charge in [-0.25, -0.2) is 4.98 Å². The number of aromatic nitrogens is 3. The predicted molar refractivity (Wildman–Crippen MR) is 94.5 cm³/mol. The van der Waals surface area contributed by atoms with Crippen LogP contribution in [0.3, 0.4) is 0 Å². The number of carbonyl (C=O) groups excluding carboxylic acids is 1. The molecule has 1 atom stereocenters. The van der Waals surface area contributed by atoms with Crippen LogP contribution < -0.4 is 0 Å². The summed E-state index contributed by atoms with van der Waals surface area (Å²) in [5.74, 6) is 1.78. The summed E-state index contributed by atoms with van der Waals surface area (Å²) in [5.41, 5.74) is 1.80. The Labute approximate surface area is 153 Å². The number of amides is 1. The van der Waals surface area contributed by atoms with Crippen LogP contribution >= 0.6 is 0 Å². The second-order valence-corrected chi connectivity index (χ2v) is 7.43. The van der Waals surface area contributed by atoms with Crippen LogP contribution in [0.2, 0.25) is 0 Å². The van der Waals surface area contributed by atoms with E-state index in [0.717, 1.165) is 30.6 Å². The molecule has 4 rings (SSSR count). The van der Waals surface area contributed by atoms with Gasteiger partial charge in [-0.1, -0.05) is 18.0 Å². The maximum Gasteiger partial charge on any atom is 0.293 e. The van der Waals surface area contributed by atoms with Crippen molar-refractivity contribution in [3.63, 3.8) is 0 Å². The molecule has 140 valence electrons. The van der Waals surface area contributed by atoms with E-state index in [0.29, 0.717) is 18.8 Å². The summed E-state index contributed by atoms with van der Waals surface area (Å²) in [6.07, 6.45) is 7.14. The summed E-state index contributed by atoms with van der Waals surface area (Å²) in [6, 6.07) is 1.57. The van der Waals surface area contributed by atoms with Crippen LogP contribution in [0.15, 0.2) is 16.8 Å². The summed E-state index contributed by atoms with van der Waals surface area (Å²) in [4.78, 5) is 19.0. The summed E-state index contributed by atoms with van der Waals surface area (Å²) in [6.45, 7) is 6.59. The monoisotopic (exact) mass is 358 g/mol. The van der Waals surface area contributed by atoms with Crippen LogP contribution in [0.4, 0.5) is 0 Å². The van der Waals surface area contributed by atoms with Gasteiger partial charge < -0.3 is 18.7 Å². The third-order valence-electron chi connectivity index (χ3n) is 5.55. The molecule has 1 aliphatic carbocycles. The van der Waals surface area contributed by atoms with Crippen molar-refractivity contribution in [3.05, 3.63) is 35.2 Å². The first-order chi connectivity index (χ1) is 12.6. The van der Waals surface area contributed by atoms with Crippen molar-refractivity contribution >= 4 is 5.91 Å². The summed E-state index contributed by atoms with van der Waals surface area (Å²) in [7, 11) is 0. The van der Waals surface area contributed by atoms with E-state index in [2.05, 4.69) is 14.7 Å². The molecule has 0 saturated heterocycles. The molecular weight excluding hydrogens is 332 g/mol. The van der Waals surface area contributed by atoms with Crippen molar-refractivity contribution in [1.82, 2.24) is 19.6 Å². The largest absolute Gasteiger partial charge is 0.375 e. The van der Waals surface area contributed by atoms with Gasteiger partial charge in [0, 0.05) is 25.8 Å². The SMILES string of the molecule is Cc1cc(C(=O)N2CCn3c(COCC4CCCC4)cnc3C2C)on1. The minimum absolute atomic E-state index is 0.106. The van der Waals surface area contributed by atoms with Gasteiger partial charge in [-0.15, -0.1) is 0 Å². The fraction of sp³-hybridized carbons (Fsp3) is 0.632. The van der Waals surface area contributed by atoms with Crippen molar-refractivity contribution in [2.75, 3.05) is 13.2 Å². The molecule has 1 aliphatic heterocycles. The third kappa shape index (κ3) is 3.28. The quantitative estimate of drug-likeness (QED) is 0.821. The van der Waals surface area contributed by atoms with E-state index in [-0.39, 0.29) is 17.7 Å². The molecule has 0 radical (unpaired) electrons. The van der Waals surface area contributed by atoms with Crippen LogP contribution in [-0.2, 0) is 17.9 Å². The molecule has 1 unspecified atom stereocenters. The Hall–Kier alpha value is -2.15. The molecule has 2 aliphatic rings. The molecule has 0 spiro atoms. The van der Waals surface area contributed by atoms with E-state index >= 15 is 0 Å². The number of nitrogens with zero attached hydrogens (tertiary/aromatic N) is 4. The number of aryl methyl sites for hydroxylation is 1. The number of hydrogen-bond donors (Lipinski definition) is 0. The smallest absolute Gasteiger partial charge is 0.293 e. The molecule has 1 saturated carbocycles. The Bertz CT molecular complexity index is 776. The highest BCUT2D eigenvalue weighted by Crippen LogP contribution is 2.28. The van der Waals surface area contributed by atoms with Crippen LogP contribution in [-0.4, -0.2) is 38.7 Å². The Balaban J connectivity index is 1.41. The fourth-order valence-corrected chi connectivity index (χ4v) is 4.07. The minimum atomic E-state index is -0.133. The zero-order valence-corrected chi connectivity index (χ0v) is 15.5. The predicted octanol–water partition coefficient (Wildman–Crippen LogP) is 3.10. The molecule has 0 bridgehead atoms. The maximum atomic E-state index is 12.7. The summed E-state index contributed by atoms with van der Waals surface area (Å²) in [5, 5.41) is 3.81. The Kier molecular flexibility index (Phi) is 4.80. The molecule has 26 heavy (non-hydrogen) atoms. The molecule has 1 amide bonds. The highest BCUT2D eigenvalue weighted by molar-refractivity contribution is 5.91. The standard InChI is InChI=1S/C19H26N4O3/c1-13-9-17(26-21-13)19(24)22-7-8-23-16(10-20-18(23)14(22)2)12-25-11-15-5-3-4-6-15/h9-10,14-15H,3-8,11-12H2,1-2H3. The van der Waals surface area contributed by atoms with Gasteiger partial charge >= 0.3 is 0 Å². The lowest BCUT2D eigenvalue weighted by molar-refractivity contribution is 0.0579. The fourth-order valence-electron chi connectivity index (χ4n) is 4.07. The first-order valence-electron chi connectivity index (χ1n) is 9.50. The minimum Gasteiger partial charge on any atom is -0.375 e. The van der Waals surface area contributed by atoms with Crippen LogP contribution in [0.5, 0.6) is 0 Å². The lowest BCUT2D eigenvalue weighted by Crippen LogP contribution is -2.41. The van der Waals surface area contributed by atoms with E-state index < -0.39 is 0 Å². The van der Waals surface area contributed by atoms with Gasteiger partial charge in [0.15, 0.2) is 0 Å². The summed E-state index contributed by atoms with van der Waals surface area (Å²) >= 11 is 0. The van der Waals surface area contributed by atoms with Gasteiger partial charge in [-0.2, -0.15) is 0 Å². The van der Waals surface area contributed by atoms with Crippen molar-refractivity contribution in [2.24, 2.45) is 5.92 Å². The number of fused-ring (bicyclic) bond motifs is 1. The van der Waals surface area contributed by atoms with Gasteiger partial charge in [-0.3, -0.25) is 4.79 Å². The Morgan fingerprint density at radius 2 is 2.15 bits per heavy atom. The zero-order chi connectivity index (χ0) is 18.1. The van der Waals surface area contributed by atoms with E-state index in [4.69, 9.17) is 9.26 Å². The molecule has 2 aromatic rings. The van der Waals surface area contributed by atoms with E-state index in [1.807, 2.05) is 20.0 Å². The molecule has 7 nitrogen and oxygen atoms in total. The molecule has 0 N–H and O–H groups in total. The molecule has 2 aromatic heterocycles. The van der Waals surface area contributed by atoms with E-state index in [1.54, 1.807) is 11.0 Å². The lowest BCUT2D eigenvalue weighted by Gasteiger charge is -2.33. The molecule has 3 heterocycles. The summed E-state index contributed by atoms with van der Waals surface area (Å²) < 4.78 is 13.3. The molecule has 0 aromatic carbocycles. The average Bonchev–Trinajstić information content (AvgIpc) is 3.36. The first-order valence-corrected chi connectivity index (χ1v) is 9.50. The maximum absolute atomic E-state index is 12.7. The van der Waals surface area contributed by atoms with Crippen molar-refractivity contribution < 1.29 is 14.1 Å². The number of ether oxygens (including phenoxy) is 1. The van der Waals surface area contributed by atoms with E-state index in [9.17, 15) is 4.79 Å². The second-order valence-electron chi connectivity index (χ2n) is 7.43. The van der Waals surface area contributed by atoms with Crippen molar-refractivity contribution in [1.29, 1.82) is 0 Å². The Morgan fingerprint density at radius 3 is 2.88 bits per heavy atom. The zero-order valence-electron chi connectivity index (χ0n) is 15.5. The first kappa shape index (κ1) is 17.3. The third-order valence-corrected chi connectivity index (χ3v) is 5.55. The Morgan fingerprint density at radius 1 is 1.35 bits per heavy atom. The lowest BCUT2D eigenvalue weighted by atomic mass is 10.1. The van der Waals surface area contributed by atoms with Gasteiger partial charge in [-0.05, 0) is 32.6 Å². The highest BCUT2D eigenvalue weighted by Gasteiger charge is 2.32. The van der Waals surface area contributed by atoms with Gasteiger partial charge in [0.2, 0.25) is 5.76 Å². The van der Waals surface area contributed by atoms with Crippen LogP contribution in [0, 0.1) is 12.8 Å².